The van der Waals surface area contributed by atoms with Crippen LogP contribution in [0.4, 0.5) is 0 Å². The Morgan fingerprint density at radius 2 is 2.08 bits per heavy atom. The molecule has 0 amide bonds. The molecule has 0 aliphatic rings. The number of hydrogen-bond acceptors (Lipinski definition) is 3. The summed E-state index contributed by atoms with van der Waals surface area (Å²) in [5.74, 6) is 0.914. The lowest BCUT2D eigenvalue weighted by Gasteiger charge is -2.21. The predicted octanol–water partition coefficient (Wildman–Crippen LogP) is 2.03. The van der Waals surface area contributed by atoms with Crippen LogP contribution < -0.4 is 10.6 Å². The van der Waals surface area contributed by atoms with Gasteiger partial charge in [-0.05, 0) is 58.3 Å². The molecule has 6 nitrogen and oxygen atoms in total. The molecule has 1 heterocycles. The van der Waals surface area contributed by atoms with E-state index in [-0.39, 0.29) is 0 Å². The van der Waals surface area contributed by atoms with Gasteiger partial charge in [0.25, 0.3) is 0 Å². The lowest BCUT2D eigenvalue weighted by Crippen LogP contribution is -2.42. The summed E-state index contributed by atoms with van der Waals surface area (Å²) in [5.41, 5.74) is 1.23. The number of hydrogen-bond donors (Lipinski definition) is 2. The quantitative estimate of drug-likeness (QED) is 0.479. The van der Waals surface area contributed by atoms with E-state index >= 15 is 0 Å². The summed E-state index contributed by atoms with van der Waals surface area (Å²) in [5, 5.41) is 11.0. The van der Waals surface area contributed by atoms with Crippen LogP contribution >= 0.6 is 0 Å². The average molecular weight is 337 g/mol. The number of rotatable bonds is 11. The van der Waals surface area contributed by atoms with Crippen molar-refractivity contribution >= 4 is 5.96 Å². The van der Waals surface area contributed by atoms with E-state index in [4.69, 9.17) is 0 Å². The molecule has 0 aromatic carbocycles. The Hall–Kier alpha value is -1.56. The second kappa shape index (κ2) is 11.9. The summed E-state index contributed by atoms with van der Waals surface area (Å²) in [4.78, 5) is 7.15. The third-order valence-electron chi connectivity index (χ3n) is 4.16. The maximum absolute atomic E-state index is 4.68. The molecule has 0 aliphatic heterocycles. The molecular weight excluding hydrogens is 300 g/mol. The minimum absolute atomic E-state index is 0.428. The van der Waals surface area contributed by atoms with Gasteiger partial charge in [-0.2, -0.15) is 5.10 Å². The topological polar surface area (TPSA) is 57.5 Å². The smallest absolute Gasteiger partial charge is 0.191 e. The fourth-order valence-electron chi connectivity index (χ4n) is 2.68. The third kappa shape index (κ3) is 8.34. The molecule has 0 radical (unpaired) electrons. The van der Waals surface area contributed by atoms with Crippen LogP contribution in [0.25, 0.3) is 0 Å². The largest absolute Gasteiger partial charge is 0.357 e. The van der Waals surface area contributed by atoms with Crippen LogP contribution in [-0.4, -0.2) is 59.4 Å². The molecule has 138 valence electrons. The lowest BCUT2D eigenvalue weighted by molar-refractivity contribution is 0.292. The van der Waals surface area contributed by atoms with Gasteiger partial charge in [0.2, 0.25) is 0 Å². The average Bonchev–Trinajstić information content (AvgIpc) is 2.97. The van der Waals surface area contributed by atoms with Gasteiger partial charge in [-0.15, -0.1) is 0 Å². The normalized spacial score (nSPS) is 13.3. The summed E-state index contributed by atoms with van der Waals surface area (Å²) >= 11 is 0. The van der Waals surface area contributed by atoms with E-state index in [1.54, 1.807) is 0 Å². The zero-order valence-corrected chi connectivity index (χ0v) is 16.2. The Morgan fingerprint density at radius 1 is 1.33 bits per heavy atom. The van der Waals surface area contributed by atoms with Crippen molar-refractivity contribution < 1.29 is 0 Å². The number of nitrogens with zero attached hydrogens (tertiary/aromatic N) is 4. The van der Waals surface area contributed by atoms with Gasteiger partial charge in [-0.1, -0.05) is 13.8 Å². The Bertz CT molecular complexity index is 464. The van der Waals surface area contributed by atoms with Gasteiger partial charge in [-0.25, -0.2) is 0 Å². The Morgan fingerprint density at radius 3 is 2.67 bits per heavy atom. The third-order valence-corrected chi connectivity index (χ3v) is 4.16. The van der Waals surface area contributed by atoms with E-state index in [2.05, 4.69) is 53.3 Å². The molecule has 0 spiro atoms. The number of aromatic nitrogens is 2. The molecule has 0 fully saturated rings. The second-order valence-corrected chi connectivity index (χ2v) is 6.25. The van der Waals surface area contributed by atoms with Gasteiger partial charge >= 0.3 is 0 Å². The van der Waals surface area contributed by atoms with Gasteiger partial charge in [0.1, 0.15) is 0 Å². The molecule has 1 aromatic rings. The maximum Gasteiger partial charge on any atom is 0.191 e. The zero-order valence-electron chi connectivity index (χ0n) is 16.2. The van der Waals surface area contributed by atoms with Gasteiger partial charge in [-0.3, -0.25) is 9.67 Å². The molecule has 0 aliphatic carbocycles. The fraction of sp³-hybridized carbons (Fsp3) is 0.778. The van der Waals surface area contributed by atoms with Gasteiger partial charge in [0.15, 0.2) is 5.96 Å². The molecule has 6 heteroatoms. The standard InChI is InChI=1S/C18H36N6/c1-6-19-18(20-12-11-17-14-21-23(5)15-17)22-16(4)10-9-13-24(7-2)8-3/h14-16H,6-13H2,1-5H3,(H2,19,20,22). The van der Waals surface area contributed by atoms with Crippen molar-refractivity contribution in [3.8, 4) is 0 Å². The highest BCUT2D eigenvalue weighted by Gasteiger charge is 2.06. The molecule has 0 saturated heterocycles. The van der Waals surface area contributed by atoms with E-state index < -0.39 is 0 Å². The van der Waals surface area contributed by atoms with Crippen LogP contribution in [0.3, 0.4) is 0 Å². The summed E-state index contributed by atoms with van der Waals surface area (Å²) < 4.78 is 1.83. The first-order valence-electron chi connectivity index (χ1n) is 9.33. The van der Waals surface area contributed by atoms with Gasteiger partial charge < -0.3 is 15.5 Å². The van der Waals surface area contributed by atoms with E-state index in [1.807, 2.05) is 24.1 Å². The molecule has 0 bridgehead atoms. The maximum atomic E-state index is 4.68. The van der Waals surface area contributed by atoms with E-state index in [9.17, 15) is 0 Å². The predicted molar refractivity (Wildman–Crippen MR) is 103 cm³/mol. The summed E-state index contributed by atoms with van der Waals surface area (Å²) in [7, 11) is 1.94. The van der Waals surface area contributed by atoms with Crippen molar-refractivity contribution in [2.45, 2.75) is 53.0 Å². The number of aryl methyl sites for hydroxylation is 1. The van der Waals surface area contributed by atoms with Crippen molar-refractivity contribution in [1.29, 1.82) is 0 Å². The Kier molecular flexibility index (Phi) is 10.2. The minimum Gasteiger partial charge on any atom is -0.357 e. The SMILES string of the molecule is CCNC(=NCCc1cnn(C)c1)NC(C)CCCN(CC)CC. The van der Waals surface area contributed by atoms with E-state index in [0.29, 0.717) is 6.04 Å². The first kappa shape index (κ1) is 20.5. The van der Waals surface area contributed by atoms with Crippen LogP contribution in [0.1, 0.15) is 46.1 Å². The first-order valence-corrected chi connectivity index (χ1v) is 9.33. The van der Waals surface area contributed by atoms with Crippen molar-refractivity contribution in [1.82, 2.24) is 25.3 Å². The highest BCUT2D eigenvalue weighted by atomic mass is 15.2. The first-order chi connectivity index (χ1) is 11.6. The summed E-state index contributed by atoms with van der Waals surface area (Å²) in [6, 6.07) is 0.428. The molecular formula is C18H36N6. The van der Waals surface area contributed by atoms with Gasteiger partial charge in [0.05, 0.1) is 6.20 Å². The van der Waals surface area contributed by atoms with Crippen molar-refractivity contribution in [2.75, 3.05) is 32.7 Å². The molecule has 1 atom stereocenters. The van der Waals surface area contributed by atoms with Crippen LogP contribution in [0.15, 0.2) is 17.4 Å². The number of nitrogens with one attached hydrogen (secondary N) is 2. The van der Waals surface area contributed by atoms with Crippen LogP contribution in [0, 0.1) is 0 Å². The second-order valence-electron chi connectivity index (χ2n) is 6.25. The van der Waals surface area contributed by atoms with Crippen molar-refractivity contribution in [2.24, 2.45) is 12.0 Å². The molecule has 1 unspecified atom stereocenters. The highest BCUT2D eigenvalue weighted by Crippen LogP contribution is 2.00. The highest BCUT2D eigenvalue weighted by molar-refractivity contribution is 5.80. The molecule has 24 heavy (non-hydrogen) atoms. The molecule has 0 saturated carbocycles. The van der Waals surface area contributed by atoms with Crippen LogP contribution in [-0.2, 0) is 13.5 Å². The number of guanidine groups is 1. The van der Waals surface area contributed by atoms with E-state index in [0.717, 1.165) is 45.0 Å². The van der Waals surface area contributed by atoms with Gasteiger partial charge in [0, 0.05) is 32.4 Å². The molecule has 1 aromatic heterocycles. The van der Waals surface area contributed by atoms with Crippen LogP contribution in [0.2, 0.25) is 0 Å². The zero-order chi connectivity index (χ0) is 17.8. The molecule has 2 N–H and O–H groups in total. The Balaban J connectivity index is 2.35. The monoisotopic (exact) mass is 336 g/mol. The minimum atomic E-state index is 0.428. The van der Waals surface area contributed by atoms with Crippen LogP contribution in [0.5, 0.6) is 0 Å². The van der Waals surface area contributed by atoms with Crippen molar-refractivity contribution in [3.63, 3.8) is 0 Å². The summed E-state index contributed by atoms with van der Waals surface area (Å²) in [6.07, 6.45) is 7.24. The lowest BCUT2D eigenvalue weighted by atomic mass is 10.2. The van der Waals surface area contributed by atoms with Crippen molar-refractivity contribution in [3.05, 3.63) is 18.0 Å². The van der Waals surface area contributed by atoms with E-state index in [1.165, 1.54) is 18.5 Å². The summed E-state index contributed by atoms with van der Waals surface area (Å²) in [6.45, 7) is 13.9. The fourth-order valence-corrected chi connectivity index (χ4v) is 2.68. The molecule has 1 rings (SSSR count). The Labute approximate surface area is 147 Å². The number of aliphatic imine (C=N–C) groups is 1.